The van der Waals surface area contributed by atoms with E-state index in [4.69, 9.17) is 15.6 Å². The van der Waals surface area contributed by atoms with Gasteiger partial charge in [-0.15, -0.1) is 11.3 Å². The van der Waals surface area contributed by atoms with Crippen LogP contribution in [0, 0.1) is 0 Å². The molecule has 1 amide bonds. The average Bonchev–Trinajstić information content (AvgIpc) is 3.03. The van der Waals surface area contributed by atoms with Crippen molar-refractivity contribution in [3.63, 3.8) is 0 Å². The van der Waals surface area contributed by atoms with Crippen LogP contribution in [-0.4, -0.2) is 28.6 Å². The molecule has 7 nitrogen and oxygen atoms in total. The highest BCUT2D eigenvalue weighted by atomic mass is 32.1. The smallest absolute Gasteiger partial charge is 0.335 e. The Morgan fingerprint density at radius 1 is 1.29 bits per heavy atom. The Balaban J connectivity index is 0.000000141. The van der Waals surface area contributed by atoms with Crippen molar-refractivity contribution in [1.29, 1.82) is 0 Å². The largest absolute Gasteiger partial charge is 0.482 e. The Kier molecular flexibility index (Phi) is 4.30. The normalized spacial score (nSPS) is 12.4. The third kappa shape index (κ3) is 3.44. The Bertz CT molecular complexity index is 923. The maximum Gasteiger partial charge on any atom is 0.335 e. The lowest BCUT2D eigenvalue weighted by Crippen LogP contribution is -2.25. The fourth-order valence-corrected chi connectivity index (χ4v) is 2.80. The van der Waals surface area contributed by atoms with Crippen LogP contribution in [0.5, 0.6) is 5.75 Å². The Labute approximate surface area is 140 Å². The number of aromatic nitrogens is 1. The third-order valence-electron chi connectivity index (χ3n) is 3.22. The number of thiazole rings is 1. The maximum atomic E-state index is 10.8. The number of nitrogens with one attached hydrogen (secondary N) is 1. The first-order valence-corrected chi connectivity index (χ1v) is 7.79. The molecule has 1 aliphatic rings. The molecule has 0 saturated heterocycles. The summed E-state index contributed by atoms with van der Waals surface area (Å²) in [5.41, 5.74) is 9.70. The molecular formula is C16H13N3O4S. The van der Waals surface area contributed by atoms with E-state index < -0.39 is 5.97 Å². The number of carboxylic acids is 1. The molecule has 0 radical (unpaired) electrons. The van der Waals surface area contributed by atoms with Crippen LogP contribution in [-0.2, 0) is 4.79 Å². The number of benzene rings is 2. The number of nitrogen functional groups attached to an aromatic ring is 1. The number of carbonyl (C=O) groups excluding carboxylic acids is 1. The molecule has 0 spiro atoms. The van der Waals surface area contributed by atoms with Gasteiger partial charge in [-0.25, -0.2) is 9.78 Å². The SMILES string of the molecule is Nc1ccc2c(c1)OCC(=O)N2.O=C(O)c1ccc2ncsc2c1. The zero-order chi connectivity index (χ0) is 17.1. The number of fused-ring (bicyclic) bond motifs is 2. The zero-order valence-corrected chi connectivity index (χ0v) is 13.2. The van der Waals surface area contributed by atoms with Crippen LogP contribution in [0.25, 0.3) is 10.2 Å². The first-order valence-electron chi connectivity index (χ1n) is 6.91. The van der Waals surface area contributed by atoms with Crippen LogP contribution in [0.3, 0.4) is 0 Å². The Morgan fingerprint density at radius 3 is 2.92 bits per heavy atom. The van der Waals surface area contributed by atoms with Crippen LogP contribution in [0.2, 0.25) is 0 Å². The number of nitrogens with two attached hydrogens (primary N) is 1. The van der Waals surface area contributed by atoms with Crippen molar-refractivity contribution in [3.8, 4) is 5.75 Å². The number of carbonyl (C=O) groups is 2. The number of hydrogen-bond acceptors (Lipinski definition) is 6. The molecule has 0 saturated carbocycles. The predicted molar refractivity (Wildman–Crippen MR) is 91.6 cm³/mol. The summed E-state index contributed by atoms with van der Waals surface area (Å²) in [6.07, 6.45) is 0. The second kappa shape index (κ2) is 6.55. The van der Waals surface area contributed by atoms with Crippen LogP contribution < -0.4 is 15.8 Å². The third-order valence-corrected chi connectivity index (χ3v) is 4.01. The summed E-state index contributed by atoms with van der Waals surface area (Å²) >= 11 is 1.44. The lowest BCUT2D eigenvalue weighted by atomic mass is 10.2. The lowest BCUT2D eigenvalue weighted by molar-refractivity contribution is -0.118. The van der Waals surface area contributed by atoms with Crippen molar-refractivity contribution in [3.05, 3.63) is 47.5 Å². The van der Waals surface area contributed by atoms with Gasteiger partial charge in [-0.2, -0.15) is 0 Å². The number of amides is 1. The monoisotopic (exact) mass is 343 g/mol. The van der Waals surface area contributed by atoms with Crippen LogP contribution in [0.4, 0.5) is 11.4 Å². The molecule has 1 aromatic heterocycles. The van der Waals surface area contributed by atoms with Crippen molar-refractivity contribution >= 4 is 44.8 Å². The second-order valence-electron chi connectivity index (χ2n) is 4.93. The molecule has 2 aromatic carbocycles. The van der Waals surface area contributed by atoms with E-state index in [1.54, 1.807) is 41.9 Å². The summed E-state index contributed by atoms with van der Waals surface area (Å²) in [4.78, 5) is 25.4. The van der Waals surface area contributed by atoms with E-state index in [0.29, 0.717) is 22.7 Å². The van der Waals surface area contributed by atoms with Crippen molar-refractivity contribution in [2.24, 2.45) is 0 Å². The molecule has 8 heteroatoms. The maximum absolute atomic E-state index is 10.8. The summed E-state index contributed by atoms with van der Waals surface area (Å²) in [6, 6.07) is 10.0. The van der Waals surface area contributed by atoms with E-state index in [1.807, 2.05) is 0 Å². The molecule has 2 heterocycles. The predicted octanol–water partition coefficient (Wildman–Crippen LogP) is 2.59. The molecular weight excluding hydrogens is 330 g/mol. The topological polar surface area (TPSA) is 115 Å². The van der Waals surface area contributed by atoms with Gasteiger partial charge in [0.1, 0.15) is 5.75 Å². The fraction of sp³-hybridized carbons (Fsp3) is 0.0625. The van der Waals surface area contributed by atoms with Crippen molar-refractivity contribution in [2.45, 2.75) is 0 Å². The first kappa shape index (κ1) is 15.8. The second-order valence-corrected chi connectivity index (χ2v) is 5.82. The minimum absolute atomic E-state index is 0.0659. The average molecular weight is 343 g/mol. The number of carboxylic acid groups (broad SMARTS) is 1. The van der Waals surface area contributed by atoms with Gasteiger partial charge in [-0.05, 0) is 30.3 Å². The number of aromatic carboxylic acids is 1. The first-order chi connectivity index (χ1) is 11.5. The van der Waals surface area contributed by atoms with E-state index in [1.165, 1.54) is 11.3 Å². The van der Waals surface area contributed by atoms with E-state index in [9.17, 15) is 9.59 Å². The zero-order valence-electron chi connectivity index (χ0n) is 12.4. The van der Waals surface area contributed by atoms with Crippen molar-refractivity contribution in [1.82, 2.24) is 4.98 Å². The summed E-state index contributed by atoms with van der Waals surface area (Å²) in [6.45, 7) is 0.0659. The van der Waals surface area contributed by atoms with E-state index in [2.05, 4.69) is 10.3 Å². The molecule has 0 unspecified atom stereocenters. The summed E-state index contributed by atoms with van der Waals surface area (Å²) in [5.74, 6) is -0.396. The minimum Gasteiger partial charge on any atom is -0.482 e. The van der Waals surface area contributed by atoms with Gasteiger partial charge in [0.2, 0.25) is 0 Å². The van der Waals surface area contributed by atoms with Crippen molar-refractivity contribution in [2.75, 3.05) is 17.7 Å². The molecule has 4 N–H and O–H groups in total. The van der Waals surface area contributed by atoms with Crippen molar-refractivity contribution < 1.29 is 19.4 Å². The van der Waals surface area contributed by atoms with E-state index in [0.717, 1.165) is 10.2 Å². The van der Waals surface area contributed by atoms with Crippen LogP contribution >= 0.6 is 11.3 Å². The quantitative estimate of drug-likeness (QED) is 0.585. The molecule has 0 atom stereocenters. The van der Waals surface area contributed by atoms with E-state index >= 15 is 0 Å². The van der Waals surface area contributed by atoms with Gasteiger partial charge < -0.3 is 20.9 Å². The number of ether oxygens (including phenoxy) is 1. The summed E-state index contributed by atoms with van der Waals surface area (Å²) < 4.78 is 6.04. The highest BCUT2D eigenvalue weighted by molar-refractivity contribution is 7.16. The van der Waals surface area contributed by atoms with Gasteiger partial charge in [0.05, 0.1) is 27.0 Å². The minimum atomic E-state index is -0.898. The molecule has 0 fully saturated rings. The number of nitrogens with zero attached hydrogens (tertiary/aromatic N) is 1. The standard InChI is InChI=1S/C8H8N2O2.C8H5NO2S/c9-5-1-2-6-7(3-5)12-4-8(11)10-6;10-8(11)5-1-2-6-7(3-5)12-4-9-6/h1-3H,4,9H2,(H,10,11);1-4H,(H,10,11). The number of hydrogen-bond donors (Lipinski definition) is 3. The lowest BCUT2D eigenvalue weighted by Gasteiger charge is -2.17. The molecule has 4 rings (SSSR count). The van der Waals surface area contributed by atoms with Crippen LogP contribution in [0.1, 0.15) is 10.4 Å². The number of anilines is 2. The molecule has 122 valence electrons. The summed E-state index contributed by atoms with van der Waals surface area (Å²) in [5, 5.41) is 11.3. The molecule has 0 bridgehead atoms. The number of rotatable bonds is 1. The van der Waals surface area contributed by atoms with Gasteiger partial charge in [0, 0.05) is 11.8 Å². The van der Waals surface area contributed by atoms with Gasteiger partial charge in [-0.1, -0.05) is 0 Å². The molecule has 1 aliphatic heterocycles. The Morgan fingerprint density at radius 2 is 2.12 bits per heavy atom. The molecule has 0 aliphatic carbocycles. The highest BCUT2D eigenvalue weighted by Crippen LogP contribution is 2.29. The van der Waals surface area contributed by atoms with Gasteiger partial charge in [-0.3, -0.25) is 4.79 Å². The molecule has 3 aromatic rings. The molecule has 24 heavy (non-hydrogen) atoms. The van der Waals surface area contributed by atoms with Gasteiger partial charge in [0.25, 0.3) is 5.91 Å². The Hall–Kier alpha value is -3.13. The van der Waals surface area contributed by atoms with Gasteiger partial charge >= 0.3 is 5.97 Å². The van der Waals surface area contributed by atoms with Gasteiger partial charge in [0.15, 0.2) is 6.61 Å². The fourth-order valence-electron chi connectivity index (χ4n) is 2.08. The van der Waals surface area contributed by atoms with E-state index in [-0.39, 0.29) is 12.5 Å². The summed E-state index contributed by atoms with van der Waals surface area (Å²) in [7, 11) is 0. The highest BCUT2D eigenvalue weighted by Gasteiger charge is 2.14. The van der Waals surface area contributed by atoms with Crippen LogP contribution in [0.15, 0.2) is 41.9 Å².